The number of aryl methyl sites for hydroxylation is 1. The van der Waals surface area contributed by atoms with E-state index in [0.29, 0.717) is 13.0 Å². The lowest BCUT2D eigenvalue weighted by atomic mass is 10.1. The number of nitrogens with two attached hydrogens (primary N) is 1. The fourth-order valence-corrected chi connectivity index (χ4v) is 3.05. The van der Waals surface area contributed by atoms with Crippen molar-refractivity contribution in [1.29, 1.82) is 0 Å². The molecule has 3 rings (SSSR count). The summed E-state index contributed by atoms with van der Waals surface area (Å²) in [5, 5.41) is 2.86. The third kappa shape index (κ3) is 6.47. The van der Waals surface area contributed by atoms with Gasteiger partial charge in [0.2, 0.25) is 5.91 Å². The smallest absolute Gasteiger partial charge is 0.237 e. The molecule has 0 aliphatic rings. The summed E-state index contributed by atoms with van der Waals surface area (Å²) in [4.78, 5) is 16.7. The van der Waals surface area contributed by atoms with E-state index in [1.165, 1.54) is 5.56 Å². The number of aromatic nitrogens is 2. The fourth-order valence-electron chi connectivity index (χ4n) is 3.05. The number of hydrogen-bond donors (Lipinski definition) is 2. The number of benzene rings is 2. The average molecular weight is 393 g/mol. The molecule has 1 amide bonds. The molecule has 0 spiro atoms. The molecule has 0 aliphatic carbocycles. The Morgan fingerprint density at radius 1 is 1.21 bits per heavy atom. The molecular formula is C23H28N4O2. The number of rotatable bonds is 9. The van der Waals surface area contributed by atoms with Gasteiger partial charge in [-0.25, -0.2) is 4.98 Å². The summed E-state index contributed by atoms with van der Waals surface area (Å²) in [6.07, 6.45) is 3.94. The number of carbonyl (C=O) groups excluding carboxylic acids is 1. The molecule has 2 atom stereocenters. The number of ether oxygens (including phenoxy) is 1. The molecule has 0 saturated heterocycles. The van der Waals surface area contributed by atoms with Crippen LogP contribution in [0.15, 0.2) is 67.1 Å². The lowest BCUT2D eigenvalue weighted by Crippen LogP contribution is -2.45. The number of imidazole rings is 1. The van der Waals surface area contributed by atoms with Crippen LogP contribution in [-0.4, -0.2) is 34.1 Å². The predicted octanol–water partition coefficient (Wildman–Crippen LogP) is 2.69. The number of nitrogens with zero attached hydrogens (tertiary/aromatic N) is 2. The van der Waals surface area contributed by atoms with Crippen LogP contribution in [0.3, 0.4) is 0 Å². The molecule has 1 unspecified atom stereocenters. The summed E-state index contributed by atoms with van der Waals surface area (Å²) < 4.78 is 7.83. The molecule has 29 heavy (non-hydrogen) atoms. The first-order valence-corrected chi connectivity index (χ1v) is 9.81. The van der Waals surface area contributed by atoms with Gasteiger partial charge in [0.05, 0.1) is 24.6 Å². The van der Waals surface area contributed by atoms with Gasteiger partial charge in [-0.05, 0) is 37.1 Å². The predicted molar refractivity (Wildman–Crippen MR) is 114 cm³/mol. The van der Waals surface area contributed by atoms with Crippen molar-refractivity contribution in [1.82, 2.24) is 14.9 Å². The highest BCUT2D eigenvalue weighted by Crippen LogP contribution is 2.14. The quantitative estimate of drug-likeness (QED) is 0.587. The van der Waals surface area contributed by atoms with Gasteiger partial charge in [-0.3, -0.25) is 4.79 Å². The molecule has 3 N–H and O–H groups in total. The van der Waals surface area contributed by atoms with Crippen LogP contribution in [0.1, 0.15) is 23.7 Å². The molecule has 152 valence electrons. The van der Waals surface area contributed by atoms with Gasteiger partial charge in [0, 0.05) is 19.2 Å². The highest BCUT2D eigenvalue weighted by molar-refractivity contribution is 5.81. The minimum atomic E-state index is -0.652. The van der Waals surface area contributed by atoms with Gasteiger partial charge in [-0.1, -0.05) is 42.5 Å². The summed E-state index contributed by atoms with van der Waals surface area (Å²) in [6.45, 7) is 5.06. The number of amides is 1. The maximum atomic E-state index is 12.3. The zero-order chi connectivity index (χ0) is 20.6. The van der Waals surface area contributed by atoms with Crippen LogP contribution >= 0.6 is 0 Å². The van der Waals surface area contributed by atoms with E-state index in [-0.39, 0.29) is 12.0 Å². The molecule has 0 aliphatic heterocycles. The zero-order valence-corrected chi connectivity index (χ0v) is 16.9. The highest BCUT2D eigenvalue weighted by Gasteiger charge is 2.16. The van der Waals surface area contributed by atoms with Gasteiger partial charge in [0.1, 0.15) is 11.9 Å². The van der Waals surface area contributed by atoms with Crippen LogP contribution in [0.5, 0.6) is 5.75 Å². The molecule has 3 aromatic rings. The third-order valence-corrected chi connectivity index (χ3v) is 4.55. The Morgan fingerprint density at radius 2 is 2.00 bits per heavy atom. The topological polar surface area (TPSA) is 82.2 Å². The molecule has 0 fully saturated rings. The molecule has 0 saturated carbocycles. The Kier molecular flexibility index (Phi) is 7.03. The Labute approximate surface area is 171 Å². The largest absolute Gasteiger partial charge is 0.489 e. The van der Waals surface area contributed by atoms with Gasteiger partial charge >= 0.3 is 0 Å². The zero-order valence-electron chi connectivity index (χ0n) is 16.9. The van der Waals surface area contributed by atoms with Crippen molar-refractivity contribution in [2.75, 3.05) is 6.54 Å². The second kappa shape index (κ2) is 9.89. The second-order valence-electron chi connectivity index (χ2n) is 7.32. The minimum absolute atomic E-state index is 0.155. The Bertz CT molecular complexity index is 923. The first-order valence-electron chi connectivity index (χ1n) is 9.81. The normalized spacial score (nSPS) is 12.9. The van der Waals surface area contributed by atoms with Crippen molar-refractivity contribution in [3.8, 4) is 5.75 Å². The summed E-state index contributed by atoms with van der Waals surface area (Å²) in [7, 11) is 0. The maximum absolute atomic E-state index is 12.3. The second-order valence-corrected chi connectivity index (χ2v) is 7.32. The number of hydrogen-bond acceptors (Lipinski definition) is 4. The summed E-state index contributed by atoms with van der Waals surface area (Å²) in [6, 6.07) is 17.3. The van der Waals surface area contributed by atoms with Crippen molar-refractivity contribution in [3.05, 3.63) is 83.9 Å². The molecule has 2 aromatic carbocycles. The van der Waals surface area contributed by atoms with Crippen LogP contribution in [-0.2, 0) is 17.8 Å². The molecule has 1 aromatic heterocycles. The molecular weight excluding hydrogens is 364 g/mol. The van der Waals surface area contributed by atoms with Crippen molar-refractivity contribution in [2.24, 2.45) is 5.73 Å². The Balaban J connectivity index is 1.44. The highest BCUT2D eigenvalue weighted by atomic mass is 16.5. The average Bonchev–Trinajstić information content (AvgIpc) is 3.13. The van der Waals surface area contributed by atoms with E-state index in [1.807, 2.05) is 67.1 Å². The molecule has 1 heterocycles. The van der Waals surface area contributed by atoms with Crippen LogP contribution in [0, 0.1) is 6.92 Å². The van der Waals surface area contributed by atoms with Crippen LogP contribution in [0.25, 0.3) is 0 Å². The van der Waals surface area contributed by atoms with Crippen molar-refractivity contribution in [3.63, 3.8) is 0 Å². The monoisotopic (exact) mass is 392 g/mol. The van der Waals surface area contributed by atoms with Gasteiger partial charge in [-0.2, -0.15) is 0 Å². The standard InChI is InChI=1S/C23H28N4O2/c1-17-7-6-10-21(11-17)29-18(2)13-25-23(28)22(24)12-20-15-27(16-26-20)14-19-8-4-3-5-9-19/h3-11,15-16,18,22H,12-14,24H2,1-2H3,(H,25,28)/t18?,22-/m0/s1. The maximum Gasteiger partial charge on any atom is 0.237 e. The van der Waals surface area contributed by atoms with E-state index in [9.17, 15) is 4.79 Å². The van der Waals surface area contributed by atoms with E-state index in [1.54, 1.807) is 6.33 Å². The van der Waals surface area contributed by atoms with E-state index >= 15 is 0 Å². The summed E-state index contributed by atoms with van der Waals surface area (Å²) in [5.74, 6) is 0.585. The van der Waals surface area contributed by atoms with Crippen LogP contribution < -0.4 is 15.8 Å². The lowest BCUT2D eigenvalue weighted by Gasteiger charge is -2.17. The number of carbonyl (C=O) groups is 1. The van der Waals surface area contributed by atoms with Gasteiger partial charge in [0.25, 0.3) is 0 Å². The number of nitrogens with one attached hydrogen (secondary N) is 1. The van der Waals surface area contributed by atoms with E-state index in [2.05, 4.69) is 22.4 Å². The Hall–Kier alpha value is -3.12. The molecule has 0 radical (unpaired) electrons. The van der Waals surface area contributed by atoms with Crippen molar-refractivity contribution < 1.29 is 9.53 Å². The Morgan fingerprint density at radius 3 is 2.76 bits per heavy atom. The molecule has 6 heteroatoms. The summed E-state index contributed by atoms with van der Waals surface area (Å²) >= 11 is 0. The van der Waals surface area contributed by atoms with Crippen LogP contribution in [0.2, 0.25) is 0 Å². The van der Waals surface area contributed by atoms with Gasteiger partial charge in [0.15, 0.2) is 0 Å². The molecule has 6 nitrogen and oxygen atoms in total. The van der Waals surface area contributed by atoms with Crippen molar-refractivity contribution in [2.45, 2.75) is 39.0 Å². The fraction of sp³-hybridized carbons (Fsp3) is 0.304. The van der Waals surface area contributed by atoms with Crippen LogP contribution in [0.4, 0.5) is 0 Å². The SMILES string of the molecule is Cc1cccc(OC(C)CNC(=O)[C@@H](N)Cc2cn(Cc3ccccc3)cn2)c1. The first-order chi connectivity index (χ1) is 14.0. The molecule has 0 bridgehead atoms. The van der Waals surface area contributed by atoms with E-state index in [4.69, 9.17) is 10.5 Å². The third-order valence-electron chi connectivity index (χ3n) is 4.55. The summed E-state index contributed by atoms with van der Waals surface area (Å²) in [5.41, 5.74) is 9.19. The lowest BCUT2D eigenvalue weighted by molar-refractivity contribution is -0.122. The first kappa shape index (κ1) is 20.6. The van der Waals surface area contributed by atoms with Crippen molar-refractivity contribution >= 4 is 5.91 Å². The minimum Gasteiger partial charge on any atom is -0.489 e. The van der Waals surface area contributed by atoms with E-state index < -0.39 is 6.04 Å². The van der Waals surface area contributed by atoms with Gasteiger partial charge in [-0.15, -0.1) is 0 Å². The van der Waals surface area contributed by atoms with Gasteiger partial charge < -0.3 is 20.4 Å². The van der Waals surface area contributed by atoms with E-state index in [0.717, 1.165) is 23.6 Å².